The van der Waals surface area contributed by atoms with E-state index in [2.05, 4.69) is 25.1 Å². The Labute approximate surface area is 149 Å². The van der Waals surface area contributed by atoms with Crippen LogP contribution >= 0.6 is 23.4 Å². The molecule has 4 N–H and O–H groups in total. The van der Waals surface area contributed by atoms with Crippen LogP contribution in [0.2, 0.25) is 5.02 Å². The van der Waals surface area contributed by atoms with Gasteiger partial charge in [0.1, 0.15) is 10.8 Å². The third-order valence-corrected chi connectivity index (χ3v) is 6.09. The van der Waals surface area contributed by atoms with Crippen molar-refractivity contribution in [2.75, 3.05) is 10.6 Å². The van der Waals surface area contributed by atoms with E-state index in [4.69, 9.17) is 23.1 Å². The van der Waals surface area contributed by atoms with Gasteiger partial charge in [-0.3, -0.25) is 0 Å². The zero-order valence-corrected chi connectivity index (χ0v) is 14.5. The Balaban J connectivity index is 1.52. The van der Waals surface area contributed by atoms with Gasteiger partial charge in [-0.25, -0.2) is 9.97 Å². The molecule has 9 heteroatoms. The molecule has 0 aliphatic carbocycles. The largest absolute Gasteiger partial charge is 0.382 e. The van der Waals surface area contributed by atoms with Crippen LogP contribution in [-0.4, -0.2) is 38.3 Å². The summed E-state index contributed by atoms with van der Waals surface area (Å²) in [6.07, 6.45) is 7.67. The van der Waals surface area contributed by atoms with Gasteiger partial charge in [-0.1, -0.05) is 23.4 Å². The highest BCUT2D eigenvalue weighted by atomic mass is 35.5. The molecule has 4 heterocycles. The normalized spacial score (nSPS) is 25.9. The Kier molecular flexibility index (Phi) is 4.19. The van der Waals surface area contributed by atoms with Crippen molar-refractivity contribution in [2.45, 2.75) is 53.7 Å². The van der Waals surface area contributed by atoms with Crippen LogP contribution in [0.3, 0.4) is 0 Å². The highest BCUT2D eigenvalue weighted by molar-refractivity contribution is 7.99. The fourth-order valence-electron chi connectivity index (χ4n) is 3.60. The zero-order valence-electron chi connectivity index (χ0n) is 13.0. The molecular formula is C15H18ClN7S. The first kappa shape index (κ1) is 15.9. The van der Waals surface area contributed by atoms with E-state index in [0.29, 0.717) is 39.9 Å². The molecule has 4 rings (SSSR count). The van der Waals surface area contributed by atoms with Gasteiger partial charge in [0.05, 0.1) is 11.2 Å². The molecule has 0 amide bonds. The highest BCUT2D eigenvalue weighted by Crippen LogP contribution is 2.38. The zero-order chi connectivity index (χ0) is 16.7. The number of pyridine rings is 1. The summed E-state index contributed by atoms with van der Waals surface area (Å²) < 4.78 is 0. The maximum atomic E-state index is 6.16. The average Bonchev–Trinajstić information content (AvgIpc) is 2.84. The summed E-state index contributed by atoms with van der Waals surface area (Å²) in [4.78, 5) is 11.5. The van der Waals surface area contributed by atoms with Gasteiger partial charge in [-0.15, -0.1) is 10.2 Å². The molecule has 2 saturated heterocycles. The van der Waals surface area contributed by atoms with E-state index < -0.39 is 0 Å². The Bertz CT molecular complexity index is 727. The second-order valence-corrected chi connectivity index (χ2v) is 7.67. The number of rotatable bonds is 3. The van der Waals surface area contributed by atoms with Crippen LogP contribution in [-0.2, 0) is 0 Å². The number of hydrogen-bond acceptors (Lipinski definition) is 8. The lowest BCUT2D eigenvalue weighted by Gasteiger charge is -2.37. The van der Waals surface area contributed by atoms with E-state index in [1.807, 2.05) is 0 Å². The minimum atomic E-state index is 0.292. The van der Waals surface area contributed by atoms with Crippen molar-refractivity contribution < 1.29 is 0 Å². The van der Waals surface area contributed by atoms with Crippen molar-refractivity contribution in [3.05, 3.63) is 23.5 Å². The number of halogens is 1. The molecule has 2 atom stereocenters. The van der Waals surface area contributed by atoms with Crippen LogP contribution in [0.15, 0.2) is 28.4 Å². The molecule has 126 valence electrons. The van der Waals surface area contributed by atoms with Crippen molar-refractivity contribution in [3.63, 3.8) is 0 Å². The molecule has 2 aromatic rings. The SMILES string of the molecule is Nc1nccc(Sc2cnc(N3[C@H]4CC[C@H]3CC(N)C4)nn2)c1Cl. The number of aromatic nitrogens is 4. The van der Waals surface area contributed by atoms with Gasteiger partial charge < -0.3 is 16.4 Å². The van der Waals surface area contributed by atoms with Crippen LogP contribution in [0.25, 0.3) is 0 Å². The summed E-state index contributed by atoms with van der Waals surface area (Å²) in [5.41, 5.74) is 11.8. The standard InChI is InChI=1S/C15H18ClN7S/c16-13-11(3-4-19-14(13)18)24-12-7-20-15(22-21-12)23-9-1-2-10(23)6-8(17)5-9/h3-4,7-10H,1-2,5-6,17H2,(H2,18,19)/t9-,10-/m0/s1. The van der Waals surface area contributed by atoms with Gasteiger partial charge in [0.25, 0.3) is 0 Å². The van der Waals surface area contributed by atoms with E-state index in [-0.39, 0.29) is 0 Å². The van der Waals surface area contributed by atoms with Crippen molar-refractivity contribution in [1.82, 2.24) is 20.2 Å². The van der Waals surface area contributed by atoms with E-state index in [9.17, 15) is 0 Å². The number of nitrogen functional groups attached to an aromatic ring is 1. The van der Waals surface area contributed by atoms with E-state index in [0.717, 1.165) is 30.6 Å². The van der Waals surface area contributed by atoms with Crippen molar-refractivity contribution in [1.29, 1.82) is 0 Å². The summed E-state index contributed by atoms with van der Waals surface area (Å²) >= 11 is 7.53. The first-order valence-electron chi connectivity index (χ1n) is 7.93. The van der Waals surface area contributed by atoms with Gasteiger partial charge in [0.2, 0.25) is 5.95 Å². The lowest BCUT2D eigenvalue weighted by molar-refractivity contribution is 0.407. The predicted octanol–water partition coefficient (Wildman–Crippen LogP) is 2.11. The monoisotopic (exact) mass is 363 g/mol. The van der Waals surface area contributed by atoms with Crippen LogP contribution < -0.4 is 16.4 Å². The number of nitrogens with two attached hydrogens (primary N) is 2. The molecule has 0 aromatic carbocycles. The highest BCUT2D eigenvalue weighted by Gasteiger charge is 2.41. The van der Waals surface area contributed by atoms with Crippen LogP contribution in [0.5, 0.6) is 0 Å². The molecule has 2 aromatic heterocycles. The first-order valence-corrected chi connectivity index (χ1v) is 9.12. The Morgan fingerprint density at radius 3 is 2.58 bits per heavy atom. The summed E-state index contributed by atoms with van der Waals surface area (Å²) in [7, 11) is 0. The van der Waals surface area contributed by atoms with Gasteiger partial charge >= 0.3 is 0 Å². The molecule has 0 unspecified atom stereocenters. The lowest BCUT2D eigenvalue weighted by Crippen LogP contribution is -2.48. The average molecular weight is 364 g/mol. The third kappa shape index (κ3) is 2.89. The minimum Gasteiger partial charge on any atom is -0.382 e. The number of anilines is 2. The Morgan fingerprint density at radius 2 is 1.92 bits per heavy atom. The van der Waals surface area contributed by atoms with E-state index in [1.165, 1.54) is 11.8 Å². The summed E-state index contributed by atoms with van der Waals surface area (Å²) in [5, 5.41) is 9.72. The van der Waals surface area contributed by atoms with Crippen molar-refractivity contribution in [2.24, 2.45) is 5.73 Å². The minimum absolute atomic E-state index is 0.292. The Hall–Kier alpha value is -1.64. The lowest BCUT2D eigenvalue weighted by atomic mass is 9.99. The number of piperidine rings is 1. The molecule has 24 heavy (non-hydrogen) atoms. The molecule has 2 bridgehead atoms. The molecule has 2 fully saturated rings. The van der Waals surface area contributed by atoms with Gasteiger partial charge in [0, 0.05) is 29.2 Å². The first-order chi connectivity index (χ1) is 11.6. The maximum absolute atomic E-state index is 6.16. The topological polar surface area (TPSA) is 107 Å². The van der Waals surface area contributed by atoms with Gasteiger partial charge in [0.15, 0.2) is 0 Å². The van der Waals surface area contributed by atoms with Crippen LogP contribution in [0.1, 0.15) is 25.7 Å². The molecule has 0 spiro atoms. The molecular weight excluding hydrogens is 346 g/mol. The molecule has 2 aliphatic rings. The van der Waals surface area contributed by atoms with E-state index >= 15 is 0 Å². The summed E-state index contributed by atoms with van der Waals surface area (Å²) in [5.74, 6) is 1.000. The van der Waals surface area contributed by atoms with Crippen LogP contribution in [0, 0.1) is 0 Å². The van der Waals surface area contributed by atoms with Gasteiger partial charge in [-0.2, -0.15) is 0 Å². The second-order valence-electron chi connectivity index (χ2n) is 6.23. The summed E-state index contributed by atoms with van der Waals surface area (Å²) in [6, 6.07) is 2.97. The quantitative estimate of drug-likeness (QED) is 0.853. The third-order valence-electron chi connectivity index (χ3n) is 4.62. The molecule has 0 radical (unpaired) electrons. The maximum Gasteiger partial charge on any atom is 0.245 e. The van der Waals surface area contributed by atoms with E-state index in [1.54, 1.807) is 18.5 Å². The fourth-order valence-corrected chi connectivity index (χ4v) is 4.57. The second kappa shape index (κ2) is 6.34. The molecule has 2 aliphatic heterocycles. The smallest absolute Gasteiger partial charge is 0.245 e. The van der Waals surface area contributed by atoms with Crippen molar-refractivity contribution in [3.8, 4) is 0 Å². The number of fused-ring (bicyclic) bond motifs is 2. The van der Waals surface area contributed by atoms with Crippen LogP contribution in [0.4, 0.5) is 11.8 Å². The summed E-state index contributed by atoms with van der Waals surface area (Å²) in [6.45, 7) is 0. The molecule has 7 nitrogen and oxygen atoms in total. The van der Waals surface area contributed by atoms with Gasteiger partial charge in [-0.05, 0) is 31.7 Å². The fraction of sp³-hybridized carbons (Fsp3) is 0.467. The predicted molar refractivity (Wildman–Crippen MR) is 94.1 cm³/mol. The number of hydrogen-bond donors (Lipinski definition) is 2. The Morgan fingerprint density at radius 1 is 1.17 bits per heavy atom. The molecule has 0 saturated carbocycles. The number of nitrogens with zero attached hydrogens (tertiary/aromatic N) is 5. The van der Waals surface area contributed by atoms with Crippen molar-refractivity contribution >= 4 is 35.1 Å².